The number of rotatable bonds is 3. The molecule has 1 aromatic heterocycles. The third kappa shape index (κ3) is 2.82. The van der Waals surface area contributed by atoms with Gasteiger partial charge in [-0.2, -0.15) is 5.26 Å². The maximum Gasteiger partial charge on any atom is 0.250 e. The molecule has 1 unspecified atom stereocenters. The Morgan fingerprint density at radius 3 is 2.91 bits per heavy atom. The molecule has 0 N–H and O–H groups in total. The van der Waals surface area contributed by atoms with Crippen molar-refractivity contribution in [1.82, 2.24) is 14.5 Å². The van der Waals surface area contributed by atoms with E-state index in [1.807, 2.05) is 27.8 Å². The molecule has 5 nitrogen and oxygen atoms in total. The van der Waals surface area contributed by atoms with Crippen LogP contribution in [0, 0.1) is 17.2 Å². The highest BCUT2D eigenvalue weighted by Crippen LogP contribution is 2.34. The molecule has 1 aliphatic carbocycles. The minimum Gasteiger partial charge on any atom is -0.334 e. The highest BCUT2D eigenvalue weighted by molar-refractivity contribution is 5.85. The first-order chi connectivity index (χ1) is 10.8. The summed E-state index contributed by atoms with van der Waals surface area (Å²) < 4.78 is 1.93. The number of carbonyl (C=O) groups excluding carboxylic acids is 1. The second-order valence-corrected chi connectivity index (χ2v) is 6.09. The van der Waals surface area contributed by atoms with Crippen molar-refractivity contribution in [2.45, 2.75) is 25.4 Å². The fourth-order valence-corrected chi connectivity index (χ4v) is 3.10. The average molecular weight is 329 g/mol. The van der Waals surface area contributed by atoms with Crippen LogP contribution in [-0.2, 0) is 11.3 Å². The number of nitrogens with zero attached hydrogens (tertiary/aromatic N) is 4. The van der Waals surface area contributed by atoms with Crippen molar-refractivity contribution in [1.29, 1.82) is 5.26 Å². The lowest BCUT2D eigenvalue weighted by molar-refractivity contribution is -0.136. The van der Waals surface area contributed by atoms with Crippen molar-refractivity contribution >= 4 is 18.3 Å². The molecule has 1 saturated carbocycles. The molecule has 1 amide bonds. The van der Waals surface area contributed by atoms with E-state index in [0.717, 1.165) is 17.8 Å². The highest BCUT2D eigenvalue weighted by Gasteiger charge is 2.36. The quantitative estimate of drug-likeness (QED) is 0.869. The molecule has 6 heteroatoms. The van der Waals surface area contributed by atoms with Crippen LogP contribution in [0.4, 0.5) is 0 Å². The molecule has 118 valence electrons. The van der Waals surface area contributed by atoms with Crippen molar-refractivity contribution in [2.24, 2.45) is 5.92 Å². The van der Waals surface area contributed by atoms with Crippen molar-refractivity contribution in [3.8, 4) is 6.07 Å². The Morgan fingerprint density at radius 2 is 2.17 bits per heavy atom. The minimum absolute atomic E-state index is 0. The normalized spacial score (nSPS) is 19.7. The van der Waals surface area contributed by atoms with Crippen LogP contribution in [0.2, 0.25) is 0 Å². The van der Waals surface area contributed by atoms with Crippen LogP contribution in [0.3, 0.4) is 0 Å². The van der Waals surface area contributed by atoms with Crippen LogP contribution >= 0.6 is 12.4 Å². The Morgan fingerprint density at radius 1 is 1.35 bits per heavy atom. The van der Waals surface area contributed by atoms with Gasteiger partial charge < -0.3 is 9.47 Å². The smallest absolute Gasteiger partial charge is 0.250 e. The van der Waals surface area contributed by atoms with Crippen LogP contribution in [0.15, 0.2) is 36.8 Å². The summed E-state index contributed by atoms with van der Waals surface area (Å²) in [5.41, 5.74) is 2.47. The first-order valence-corrected chi connectivity index (χ1v) is 7.56. The topological polar surface area (TPSA) is 61.9 Å². The van der Waals surface area contributed by atoms with Gasteiger partial charge in [0.25, 0.3) is 5.91 Å². The van der Waals surface area contributed by atoms with Crippen LogP contribution < -0.4 is 0 Å². The molecule has 1 aliphatic heterocycles. The number of nitriles is 1. The lowest BCUT2D eigenvalue weighted by Gasteiger charge is -2.34. The number of imidazole rings is 1. The molecular formula is C17H17ClN4O. The average Bonchev–Trinajstić information content (AvgIpc) is 3.24. The molecule has 0 spiro atoms. The summed E-state index contributed by atoms with van der Waals surface area (Å²) in [4.78, 5) is 19.1. The zero-order valence-electron chi connectivity index (χ0n) is 12.6. The summed E-state index contributed by atoms with van der Waals surface area (Å²) >= 11 is 0. The molecule has 4 rings (SSSR count). The van der Waals surface area contributed by atoms with E-state index in [1.54, 1.807) is 18.5 Å². The molecule has 1 atom stereocenters. The van der Waals surface area contributed by atoms with Gasteiger partial charge in [0.05, 0.1) is 30.2 Å². The van der Waals surface area contributed by atoms with Gasteiger partial charge >= 0.3 is 0 Å². The first-order valence-electron chi connectivity index (χ1n) is 7.56. The van der Waals surface area contributed by atoms with Crippen LogP contribution in [0.5, 0.6) is 0 Å². The number of aromatic nitrogens is 2. The van der Waals surface area contributed by atoms with E-state index in [1.165, 1.54) is 12.8 Å². The molecule has 2 heterocycles. The van der Waals surface area contributed by atoms with E-state index in [0.29, 0.717) is 18.0 Å². The number of amides is 1. The lowest BCUT2D eigenvalue weighted by atomic mass is 10.0. The zero-order valence-corrected chi connectivity index (χ0v) is 13.4. The van der Waals surface area contributed by atoms with Gasteiger partial charge in [-0.15, -0.1) is 12.4 Å². The van der Waals surface area contributed by atoms with E-state index in [4.69, 9.17) is 5.26 Å². The van der Waals surface area contributed by atoms with Gasteiger partial charge in [0.2, 0.25) is 0 Å². The third-order valence-electron chi connectivity index (χ3n) is 4.43. The Balaban J connectivity index is 0.00000156. The van der Waals surface area contributed by atoms with Crippen molar-refractivity contribution in [3.05, 3.63) is 53.6 Å². The maximum atomic E-state index is 12.9. The zero-order chi connectivity index (χ0) is 15.1. The summed E-state index contributed by atoms with van der Waals surface area (Å²) in [6.45, 7) is 1.46. The fraction of sp³-hybridized carbons (Fsp3) is 0.353. The molecule has 2 aromatic rings. The molecule has 23 heavy (non-hydrogen) atoms. The van der Waals surface area contributed by atoms with Gasteiger partial charge in [0, 0.05) is 12.7 Å². The minimum atomic E-state index is -0.404. The van der Waals surface area contributed by atoms with Gasteiger partial charge in [0.1, 0.15) is 6.04 Å². The number of halogens is 1. The second-order valence-electron chi connectivity index (χ2n) is 6.09. The van der Waals surface area contributed by atoms with Gasteiger partial charge in [0.15, 0.2) is 0 Å². The predicted molar refractivity (Wildman–Crippen MR) is 86.9 cm³/mol. The summed E-state index contributed by atoms with van der Waals surface area (Å²) in [5, 5.41) is 9.10. The second kappa shape index (κ2) is 6.05. The molecule has 0 radical (unpaired) electrons. The highest BCUT2D eigenvalue weighted by atomic mass is 35.5. The number of hydrogen-bond donors (Lipinski definition) is 0. The monoisotopic (exact) mass is 328 g/mol. The van der Waals surface area contributed by atoms with Crippen molar-refractivity contribution in [2.75, 3.05) is 6.54 Å². The Bertz CT molecular complexity index is 775. The predicted octanol–water partition coefficient (Wildman–Crippen LogP) is 2.52. The summed E-state index contributed by atoms with van der Waals surface area (Å²) in [6.07, 6.45) is 5.98. The van der Waals surface area contributed by atoms with Crippen LogP contribution in [-0.4, -0.2) is 26.9 Å². The van der Waals surface area contributed by atoms with E-state index >= 15 is 0 Å². The number of hydrogen-bond acceptors (Lipinski definition) is 3. The molecule has 1 fully saturated rings. The number of carbonyl (C=O) groups is 1. The van der Waals surface area contributed by atoms with E-state index in [-0.39, 0.29) is 18.3 Å². The first kappa shape index (κ1) is 15.6. The Labute approximate surface area is 141 Å². The van der Waals surface area contributed by atoms with E-state index in [2.05, 4.69) is 11.1 Å². The molecular weight excluding hydrogens is 312 g/mol. The number of benzene rings is 1. The number of fused-ring (bicyclic) bond motifs is 1. The van der Waals surface area contributed by atoms with Crippen molar-refractivity contribution in [3.63, 3.8) is 0 Å². The van der Waals surface area contributed by atoms with Gasteiger partial charge in [-0.3, -0.25) is 4.79 Å². The van der Waals surface area contributed by atoms with Crippen LogP contribution in [0.1, 0.15) is 35.7 Å². The molecule has 1 aromatic carbocycles. The van der Waals surface area contributed by atoms with Gasteiger partial charge in [-0.25, -0.2) is 4.98 Å². The summed E-state index contributed by atoms with van der Waals surface area (Å²) in [7, 11) is 0. The summed E-state index contributed by atoms with van der Waals surface area (Å²) in [5.74, 6) is 0.761. The molecule has 0 bridgehead atoms. The standard InChI is InChI=1S/C17H16N4O.ClH/c18-7-13-2-1-3-14(6-13)16-17(22)20(9-12-4-5-12)10-15-8-19-11-21(15)16;/h1-3,6,8,11-12,16H,4-5,9-10H2;1H. The van der Waals surface area contributed by atoms with E-state index < -0.39 is 6.04 Å². The lowest BCUT2D eigenvalue weighted by Crippen LogP contribution is -2.43. The van der Waals surface area contributed by atoms with Crippen molar-refractivity contribution < 1.29 is 4.79 Å². The summed E-state index contributed by atoms with van der Waals surface area (Å²) in [6, 6.07) is 9.04. The Hall–Kier alpha value is -2.32. The van der Waals surface area contributed by atoms with E-state index in [9.17, 15) is 4.79 Å². The van der Waals surface area contributed by atoms with Crippen LogP contribution in [0.25, 0.3) is 0 Å². The largest absolute Gasteiger partial charge is 0.334 e. The third-order valence-corrected chi connectivity index (χ3v) is 4.43. The fourth-order valence-electron chi connectivity index (χ4n) is 3.10. The Kier molecular flexibility index (Phi) is 4.10. The van der Waals surface area contributed by atoms with Gasteiger partial charge in [-0.1, -0.05) is 12.1 Å². The van der Waals surface area contributed by atoms with Gasteiger partial charge in [-0.05, 0) is 36.5 Å². The molecule has 0 saturated heterocycles. The SMILES string of the molecule is Cl.N#Cc1cccc(C2C(=O)N(CC3CC3)Cc3cncn32)c1. The molecule has 2 aliphatic rings. The maximum absolute atomic E-state index is 12.9.